The van der Waals surface area contributed by atoms with Crippen LogP contribution in [-0.2, 0) is 12.0 Å². The van der Waals surface area contributed by atoms with Gasteiger partial charge in [0, 0.05) is 12.0 Å². The highest BCUT2D eigenvalue weighted by Gasteiger charge is 2.29. The third-order valence-electron chi connectivity index (χ3n) is 3.33. The molecule has 3 nitrogen and oxygen atoms in total. The zero-order chi connectivity index (χ0) is 12.3. The van der Waals surface area contributed by atoms with Gasteiger partial charge in [-0.25, -0.2) is 0 Å². The van der Waals surface area contributed by atoms with Crippen molar-refractivity contribution in [1.82, 2.24) is 5.32 Å². The third-order valence-corrected chi connectivity index (χ3v) is 3.33. The number of ether oxygens (including phenoxy) is 1. The lowest BCUT2D eigenvalue weighted by Gasteiger charge is -2.25. The van der Waals surface area contributed by atoms with Gasteiger partial charge in [0.1, 0.15) is 5.75 Å². The van der Waals surface area contributed by atoms with Crippen LogP contribution >= 0.6 is 0 Å². The molecule has 0 saturated carbocycles. The molecule has 0 aromatic heterocycles. The summed E-state index contributed by atoms with van der Waals surface area (Å²) < 4.78 is 5.64. The van der Waals surface area contributed by atoms with Crippen LogP contribution in [0.3, 0.4) is 0 Å². The summed E-state index contributed by atoms with van der Waals surface area (Å²) in [4.78, 5) is 0. The van der Waals surface area contributed by atoms with Gasteiger partial charge in [0.2, 0.25) is 0 Å². The Balaban J connectivity index is 2.18. The van der Waals surface area contributed by atoms with E-state index >= 15 is 0 Å². The quantitative estimate of drug-likeness (QED) is 0.765. The molecule has 1 aliphatic heterocycles. The first-order valence-electron chi connectivity index (χ1n) is 6.33. The minimum atomic E-state index is -0.822. The van der Waals surface area contributed by atoms with Crippen LogP contribution in [0.15, 0.2) is 18.2 Å². The number of rotatable bonds is 5. The van der Waals surface area contributed by atoms with Crippen molar-refractivity contribution < 1.29 is 9.84 Å². The molecule has 2 N–H and O–H groups in total. The van der Waals surface area contributed by atoms with Gasteiger partial charge in [-0.1, -0.05) is 25.1 Å². The maximum atomic E-state index is 10.6. The van der Waals surface area contributed by atoms with Crippen LogP contribution < -0.4 is 10.1 Å². The molecule has 1 heterocycles. The van der Waals surface area contributed by atoms with E-state index in [-0.39, 0.29) is 0 Å². The van der Waals surface area contributed by atoms with Crippen molar-refractivity contribution >= 4 is 0 Å². The molecule has 0 bridgehead atoms. The second-order valence-electron chi connectivity index (χ2n) is 4.77. The van der Waals surface area contributed by atoms with Crippen LogP contribution in [0.2, 0.25) is 0 Å². The fourth-order valence-electron chi connectivity index (χ4n) is 2.28. The zero-order valence-electron chi connectivity index (χ0n) is 10.6. The summed E-state index contributed by atoms with van der Waals surface area (Å²) in [5, 5.41) is 13.8. The van der Waals surface area contributed by atoms with Gasteiger partial charge in [0.15, 0.2) is 0 Å². The number of hydrogen-bond donors (Lipinski definition) is 2. The third kappa shape index (κ3) is 2.61. The first kappa shape index (κ1) is 12.4. The Kier molecular flexibility index (Phi) is 3.69. The van der Waals surface area contributed by atoms with Crippen LogP contribution in [0.4, 0.5) is 0 Å². The molecule has 17 heavy (non-hydrogen) atoms. The van der Waals surface area contributed by atoms with Crippen LogP contribution in [0, 0.1) is 0 Å². The normalized spacial score (nSPS) is 17.4. The van der Waals surface area contributed by atoms with Gasteiger partial charge in [-0.2, -0.15) is 0 Å². The van der Waals surface area contributed by atoms with Crippen molar-refractivity contribution in [3.63, 3.8) is 0 Å². The van der Waals surface area contributed by atoms with E-state index in [1.165, 1.54) is 5.56 Å². The summed E-state index contributed by atoms with van der Waals surface area (Å²) in [5.74, 6) is 0.897. The van der Waals surface area contributed by atoms with Crippen molar-refractivity contribution in [3.8, 4) is 5.75 Å². The lowest BCUT2D eigenvalue weighted by molar-refractivity contribution is 0.0456. The molecule has 1 aliphatic rings. The molecule has 3 heteroatoms. The Morgan fingerprint density at radius 3 is 3.06 bits per heavy atom. The van der Waals surface area contributed by atoms with Crippen LogP contribution in [0.1, 0.15) is 31.4 Å². The van der Waals surface area contributed by atoms with Gasteiger partial charge in [-0.05, 0) is 32.0 Å². The minimum Gasteiger partial charge on any atom is -0.493 e. The first-order chi connectivity index (χ1) is 8.15. The maximum absolute atomic E-state index is 10.6. The molecular formula is C14H21NO2. The summed E-state index contributed by atoms with van der Waals surface area (Å²) in [5.41, 5.74) is 1.31. The largest absolute Gasteiger partial charge is 0.493 e. The predicted octanol–water partition coefficient (Wildman–Crippen LogP) is 1.83. The Hall–Kier alpha value is -1.06. The SMILES string of the molecule is CCNCCC(C)(O)c1cccc2c1OCC2. The fourth-order valence-corrected chi connectivity index (χ4v) is 2.28. The van der Waals surface area contributed by atoms with Crippen molar-refractivity contribution in [2.45, 2.75) is 32.3 Å². The summed E-state index contributed by atoms with van der Waals surface area (Å²) in [7, 11) is 0. The molecule has 0 spiro atoms. The zero-order valence-corrected chi connectivity index (χ0v) is 10.6. The van der Waals surface area contributed by atoms with Crippen LogP contribution in [-0.4, -0.2) is 24.8 Å². The molecule has 0 radical (unpaired) electrons. The number of aliphatic hydroxyl groups is 1. The average molecular weight is 235 g/mol. The maximum Gasteiger partial charge on any atom is 0.128 e. The summed E-state index contributed by atoms with van der Waals surface area (Å²) in [6.45, 7) is 6.40. The standard InChI is InChI=1S/C14H21NO2/c1-3-15-9-8-14(2,16)12-6-4-5-11-7-10-17-13(11)12/h4-6,15-16H,3,7-10H2,1-2H3. The van der Waals surface area contributed by atoms with Gasteiger partial charge in [-0.3, -0.25) is 0 Å². The highest BCUT2D eigenvalue weighted by atomic mass is 16.5. The van der Waals surface area contributed by atoms with E-state index in [4.69, 9.17) is 4.74 Å². The lowest BCUT2D eigenvalue weighted by Crippen LogP contribution is -2.28. The molecule has 94 valence electrons. The van der Waals surface area contributed by atoms with Crippen LogP contribution in [0.25, 0.3) is 0 Å². The van der Waals surface area contributed by atoms with Crippen LogP contribution in [0.5, 0.6) is 5.75 Å². The van der Waals surface area contributed by atoms with Crippen molar-refractivity contribution in [1.29, 1.82) is 0 Å². The molecule has 0 fully saturated rings. The molecule has 2 rings (SSSR count). The Bertz CT molecular complexity index is 388. The molecular weight excluding hydrogens is 214 g/mol. The molecule has 1 aromatic rings. The Morgan fingerprint density at radius 2 is 2.29 bits per heavy atom. The van der Waals surface area contributed by atoms with Gasteiger partial charge >= 0.3 is 0 Å². The van der Waals surface area contributed by atoms with Gasteiger partial charge in [0.25, 0.3) is 0 Å². The summed E-state index contributed by atoms with van der Waals surface area (Å²) >= 11 is 0. The number of fused-ring (bicyclic) bond motifs is 1. The first-order valence-corrected chi connectivity index (χ1v) is 6.33. The lowest BCUT2D eigenvalue weighted by atomic mass is 9.90. The van der Waals surface area contributed by atoms with Crippen molar-refractivity contribution in [2.75, 3.05) is 19.7 Å². The molecule has 1 unspecified atom stereocenters. The highest BCUT2D eigenvalue weighted by Crippen LogP contribution is 2.37. The molecule has 1 atom stereocenters. The number of hydrogen-bond acceptors (Lipinski definition) is 3. The van der Waals surface area contributed by atoms with E-state index in [0.717, 1.165) is 37.4 Å². The van der Waals surface area contributed by atoms with E-state index in [1.807, 2.05) is 19.1 Å². The monoisotopic (exact) mass is 235 g/mol. The van der Waals surface area contributed by atoms with E-state index in [9.17, 15) is 5.11 Å². The minimum absolute atomic E-state index is 0.695. The topological polar surface area (TPSA) is 41.5 Å². The summed E-state index contributed by atoms with van der Waals surface area (Å²) in [6, 6.07) is 6.05. The summed E-state index contributed by atoms with van der Waals surface area (Å²) in [6.07, 6.45) is 1.65. The van der Waals surface area contributed by atoms with E-state index in [0.29, 0.717) is 6.42 Å². The van der Waals surface area contributed by atoms with E-state index in [2.05, 4.69) is 18.3 Å². The number of para-hydroxylation sites is 1. The molecule has 1 aromatic carbocycles. The fraction of sp³-hybridized carbons (Fsp3) is 0.571. The average Bonchev–Trinajstić information content (AvgIpc) is 2.76. The Labute approximate surface area is 103 Å². The van der Waals surface area contributed by atoms with Gasteiger partial charge < -0.3 is 15.2 Å². The van der Waals surface area contributed by atoms with Gasteiger partial charge in [-0.15, -0.1) is 0 Å². The van der Waals surface area contributed by atoms with Crippen molar-refractivity contribution in [3.05, 3.63) is 29.3 Å². The van der Waals surface area contributed by atoms with Crippen molar-refractivity contribution in [2.24, 2.45) is 0 Å². The second kappa shape index (κ2) is 5.07. The molecule has 0 saturated heterocycles. The van der Waals surface area contributed by atoms with Gasteiger partial charge in [0.05, 0.1) is 12.2 Å². The predicted molar refractivity (Wildman–Crippen MR) is 68.4 cm³/mol. The highest BCUT2D eigenvalue weighted by molar-refractivity contribution is 5.46. The Morgan fingerprint density at radius 1 is 1.47 bits per heavy atom. The van der Waals surface area contributed by atoms with E-state index < -0.39 is 5.60 Å². The second-order valence-corrected chi connectivity index (χ2v) is 4.77. The number of benzene rings is 1. The van der Waals surface area contributed by atoms with E-state index in [1.54, 1.807) is 0 Å². The molecule has 0 amide bonds. The molecule has 0 aliphatic carbocycles. The number of nitrogens with one attached hydrogen (secondary N) is 1. The smallest absolute Gasteiger partial charge is 0.128 e.